The normalized spacial score (nSPS) is 10.3. The van der Waals surface area contributed by atoms with Crippen LogP contribution >= 0.6 is 11.6 Å². The van der Waals surface area contributed by atoms with Gasteiger partial charge in [0.1, 0.15) is 11.5 Å². The molecule has 26 heavy (non-hydrogen) atoms. The molecule has 3 aromatic rings. The van der Waals surface area contributed by atoms with Gasteiger partial charge in [0.05, 0.1) is 7.11 Å². The summed E-state index contributed by atoms with van der Waals surface area (Å²) in [5.74, 6) is 1.19. The average molecular weight is 369 g/mol. The highest BCUT2D eigenvalue weighted by molar-refractivity contribution is 6.31. The lowest BCUT2D eigenvalue weighted by molar-refractivity contribution is 0.215. The Hall–Kier alpha value is -3.05. The summed E-state index contributed by atoms with van der Waals surface area (Å²) in [7, 11) is 1.61. The third kappa shape index (κ3) is 4.13. The van der Waals surface area contributed by atoms with Gasteiger partial charge < -0.3 is 9.47 Å². The number of carbonyl (C=O) groups is 1. The number of hydrogen-bond acceptors (Lipinski definition) is 4. The fourth-order valence-electron chi connectivity index (χ4n) is 2.46. The van der Waals surface area contributed by atoms with Crippen LogP contribution in [0.2, 0.25) is 5.02 Å². The topological polar surface area (TPSA) is 60.5 Å². The summed E-state index contributed by atoms with van der Waals surface area (Å²) in [4.78, 5) is 16.0. The van der Waals surface area contributed by atoms with Crippen LogP contribution in [0.3, 0.4) is 0 Å². The number of benzene rings is 2. The van der Waals surface area contributed by atoms with Crippen molar-refractivity contribution in [2.24, 2.45) is 0 Å². The fourth-order valence-corrected chi connectivity index (χ4v) is 2.63. The average Bonchev–Trinajstić information content (AvgIpc) is 2.64. The number of ether oxygens (including phenoxy) is 2. The molecule has 0 spiro atoms. The first-order valence-corrected chi connectivity index (χ1v) is 8.28. The maximum absolute atomic E-state index is 12.0. The third-order valence-corrected chi connectivity index (χ3v) is 4.01. The molecule has 0 aliphatic carbocycles. The zero-order valence-corrected chi connectivity index (χ0v) is 15.1. The van der Waals surface area contributed by atoms with Gasteiger partial charge in [-0.05, 0) is 48.9 Å². The highest BCUT2D eigenvalue weighted by atomic mass is 35.5. The van der Waals surface area contributed by atoms with Crippen molar-refractivity contribution in [2.75, 3.05) is 12.4 Å². The van der Waals surface area contributed by atoms with E-state index in [0.717, 1.165) is 22.4 Å². The van der Waals surface area contributed by atoms with Crippen molar-refractivity contribution in [3.63, 3.8) is 0 Å². The number of nitrogens with one attached hydrogen (secondary N) is 1. The lowest BCUT2D eigenvalue weighted by atomic mass is 10.0. The minimum Gasteiger partial charge on any atom is -0.496 e. The fraction of sp³-hybridized carbons (Fsp3) is 0.100. The molecule has 0 aliphatic heterocycles. The summed E-state index contributed by atoms with van der Waals surface area (Å²) >= 11 is 6.08. The quantitative estimate of drug-likeness (QED) is 0.676. The first-order chi connectivity index (χ1) is 12.6. The zero-order chi connectivity index (χ0) is 18.5. The minimum atomic E-state index is -0.563. The van der Waals surface area contributed by atoms with E-state index in [0.29, 0.717) is 16.5 Å². The molecule has 6 heteroatoms. The molecular weight excluding hydrogens is 352 g/mol. The molecule has 0 fully saturated rings. The summed E-state index contributed by atoms with van der Waals surface area (Å²) < 4.78 is 10.7. The van der Waals surface area contributed by atoms with Crippen molar-refractivity contribution in [1.29, 1.82) is 0 Å². The molecule has 0 saturated carbocycles. The summed E-state index contributed by atoms with van der Waals surface area (Å²) in [5, 5.41) is 3.32. The maximum Gasteiger partial charge on any atom is 0.417 e. The van der Waals surface area contributed by atoms with E-state index in [2.05, 4.69) is 10.3 Å². The molecule has 132 valence electrons. The van der Waals surface area contributed by atoms with Crippen molar-refractivity contribution < 1.29 is 14.3 Å². The SMILES string of the molecule is COc1ccc(Cl)cc1-c1ccc(NC(=O)Oc2ccncc2C)cc1. The van der Waals surface area contributed by atoms with E-state index in [9.17, 15) is 4.79 Å². The van der Waals surface area contributed by atoms with Gasteiger partial charge in [-0.3, -0.25) is 10.3 Å². The summed E-state index contributed by atoms with van der Waals surface area (Å²) in [5.41, 5.74) is 3.20. The van der Waals surface area contributed by atoms with E-state index in [-0.39, 0.29) is 0 Å². The van der Waals surface area contributed by atoms with E-state index in [1.807, 2.05) is 31.2 Å². The number of hydrogen-bond donors (Lipinski definition) is 1. The molecule has 1 N–H and O–H groups in total. The number of pyridine rings is 1. The molecule has 0 bridgehead atoms. The molecule has 1 aromatic heterocycles. The van der Waals surface area contributed by atoms with E-state index >= 15 is 0 Å². The summed E-state index contributed by atoms with van der Waals surface area (Å²) in [6, 6.07) is 14.4. The molecule has 1 amide bonds. The standard InChI is InChI=1S/C20H17ClN2O3/c1-13-12-22-10-9-18(13)26-20(24)23-16-6-3-14(4-7-16)17-11-15(21)5-8-19(17)25-2/h3-12H,1-2H3,(H,23,24). The first-order valence-electron chi connectivity index (χ1n) is 7.90. The summed E-state index contributed by atoms with van der Waals surface area (Å²) in [6.45, 7) is 1.82. The Labute approximate surface area is 156 Å². The Morgan fingerprint density at radius 3 is 2.54 bits per heavy atom. The molecular formula is C20H17ClN2O3. The van der Waals surface area contributed by atoms with Crippen LogP contribution in [-0.4, -0.2) is 18.2 Å². The zero-order valence-electron chi connectivity index (χ0n) is 14.3. The van der Waals surface area contributed by atoms with Crippen molar-refractivity contribution >= 4 is 23.4 Å². The maximum atomic E-state index is 12.0. The number of rotatable bonds is 4. The van der Waals surface area contributed by atoms with Crippen LogP contribution in [0.25, 0.3) is 11.1 Å². The number of halogens is 1. The molecule has 0 saturated heterocycles. The van der Waals surface area contributed by atoms with Gasteiger partial charge in [0.15, 0.2) is 0 Å². The van der Waals surface area contributed by atoms with Gasteiger partial charge >= 0.3 is 6.09 Å². The van der Waals surface area contributed by atoms with E-state index < -0.39 is 6.09 Å². The predicted molar refractivity (Wildman–Crippen MR) is 102 cm³/mol. The van der Waals surface area contributed by atoms with Gasteiger partial charge in [-0.1, -0.05) is 23.7 Å². The second kappa shape index (κ2) is 7.89. The van der Waals surface area contributed by atoms with Gasteiger partial charge in [0.25, 0.3) is 0 Å². The van der Waals surface area contributed by atoms with Crippen molar-refractivity contribution in [3.05, 3.63) is 71.5 Å². The molecule has 0 aliphatic rings. The monoisotopic (exact) mass is 368 g/mol. The Morgan fingerprint density at radius 1 is 1.08 bits per heavy atom. The van der Waals surface area contributed by atoms with Crippen LogP contribution in [0, 0.1) is 6.92 Å². The number of nitrogens with zero attached hydrogens (tertiary/aromatic N) is 1. The van der Waals surface area contributed by atoms with E-state index in [4.69, 9.17) is 21.1 Å². The Balaban J connectivity index is 1.73. The van der Waals surface area contributed by atoms with Crippen LogP contribution < -0.4 is 14.8 Å². The molecule has 0 radical (unpaired) electrons. The first kappa shape index (κ1) is 17.8. The van der Waals surface area contributed by atoms with Crippen molar-refractivity contribution in [3.8, 4) is 22.6 Å². The molecule has 5 nitrogen and oxygen atoms in total. The van der Waals surface area contributed by atoms with E-state index in [1.165, 1.54) is 0 Å². The van der Waals surface area contributed by atoms with E-state index in [1.54, 1.807) is 43.8 Å². The minimum absolute atomic E-state index is 0.470. The van der Waals surface area contributed by atoms with Crippen LogP contribution in [0.5, 0.6) is 11.5 Å². The van der Waals surface area contributed by atoms with Crippen LogP contribution in [-0.2, 0) is 0 Å². The largest absolute Gasteiger partial charge is 0.496 e. The molecule has 2 aromatic carbocycles. The van der Waals surface area contributed by atoms with Gasteiger partial charge in [0, 0.05) is 34.2 Å². The van der Waals surface area contributed by atoms with Gasteiger partial charge in [-0.2, -0.15) is 0 Å². The Kier molecular flexibility index (Phi) is 5.39. The number of aromatic nitrogens is 1. The Morgan fingerprint density at radius 2 is 1.85 bits per heavy atom. The number of methoxy groups -OCH3 is 1. The van der Waals surface area contributed by atoms with Crippen LogP contribution in [0.1, 0.15) is 5.56 Å². The van der Waals surface area contributed by atoms with Gasteiger partial charge in [0.2, 0.25) is 0 Å². The van der Waals surface area contributed by atoms with Gasteiger partial charge in [-0.15, -0.1) is 0 Å². The number of amides is 1. The number of aryl methyl sites for hydroxylation is 1. The molecule has 0 atom stereocenters. The molecule has 1 heterocycles. The number of anilines is 1. The lowest BCUT2D eigenvalue weighted by Gasteiger charge is -2.11. The highest BCUT2D eigenvalue weighted by Crippen LogP contribution is 2.33. The molecule has 0 unspecified atom stereocenters. The molecule has 3 rings (SSSR count). The number of carbonyl (C=O) groups excluding carboxylic acids is 1. The predicted octanol–water partition coefficient (Wildman–Crippen LogP) is 5.33. The second-order valence-electron chi connectivity index (χ2n) is 5.58. The van der Waals surface area contributed by atoms with Crippen molar-refractivity contribution in [2.45, 2.75) is 6.92 Å². The van der Waals surface area contributed by atoms with Crippen molar-refractivity contribution in [1.82, 2.24) is 4.98 Å². The van der Waals surface area contributed by atoms with Crippen LogP contribution in [0.4, 0.5) is 10.5 Å². The summed E-state index contributed by atoms with van der Waals surface area (Å²) in [6.07, 6.45) is 2.64. The second-order valence-corrected chi connectivity index (χ2v) is 6.01. The van der Waals surface area contributed by atoms with Gasteiger partial charge in [-0.25, -0.2) is 4.79 Å². The third-order valence-electron chi connectivity index (χ3n) is 3.78. The Bertz CT molecular complexity index is 927. The lowest BCUT2D eigenvalue weighted by Crippen LogP contribution is -2.17. The highest BCUT2D eigenvalue weighted by Gasteiger charge is 2.09. The van der Waals surface area contributed by atoms with Crippen LogP contribution in [0.15, 0.2) is 60.9 Å². The smallest absolute Gasteiger partial charge is 0.417 e.